The van der Waals surface area contributed by atoms with Gasteiger partial charge in [-0.1, -0.05) is 60.7 Å². The summed E-state index contributed by atoms with van der Waals surface area (Å²) in [5, 5.41) is 9.69. The molecule has 4 rings (SSSR count). The predicted molar refractivity (Wildman–Crippen MR) is 113 cm³/mol. The van der Waals surface area contributed by atoms with Gasteiger partial charge in [-0.2, -0.15) is 0 Å². The van der Waals surface area contributed by atoms with E-state index >= 15 is 0 Å². The Kier molecular flexibility index (Phi) is 6.16. The summed E-state index contributed by atoms with van der Waals surface area (Å²) in [4.78, 5) is 28.9. The van der Waals surface area contributed by atoms with Crippen molar-refractivity contribution in [1.29, 1.82) is 0 Å². The molecule has 2 aliphatic heterocycles. The predicted octanol–water partition coefficient (Wildman–Crippen LogP) is 2.92. The van der Waals surface area contributed by atoms with Crippen molar-refractivity contribution in [3.8, 4) is 0 Å². The quantitative estimate of drug-likeness (QED) is 0.796. The first kappa shape index (κ1) is 20.6. The van der Waals surface area contributed by atoms with Gasteiger partial charge in [-0.3, -0.25) is 14.6 Å². The smallest absolute Gasteiger partial charge is 0.328 e. The fourth-order valence-electron chi connectivity index (χ4n) is 4.55. The highest BCUT2D eigenvalue weighted by molar-refractivity contribution is 5.85. The van der Waals surface area contributed by atoms with Gasteiger partial charge in [0.15, 0.2) is 6.04 Å². The Balaban J connectivity index is 1.43. The highest BCUT2D eigenvalue weighted by Crippen LogP contribution is 2.38. The van der Waals surface area contributed by atoms with Crippen molar-refractivity contribution in [2.24, 2.45) is 0 Å². The van der Waals surface area contributed by atoms with E-state index in [0.717, 1.165) is 25.2 Å². The van der Waals surface area contributed by atoms with Crippen LogP contribution in [0.25, 0.3) is 0 Å². The van der Waals surface area contributed by atoms with Crippen LogP contribution in [-0.4, -0.2) is 58.2 Å². The number of piperidine rings is 1. The molecular weight excluding hydrogens is 380 g/mol. The van der Waals surface area contributed by atoms with Crippen molar-refractivity contribution in [3.63, 3.8) is 0 Å². The van der Waals surface area contributed by atoms with Crippen molar-refractivity contribution in [2.75, 3.05) is 19.7 Å². The zero-order valence-electron chi connectivity index (χ0n) is 17.1. The Labute approximate surface area is 177 Å². The van der Waals surface area contributed by atoms with Crippen LogP contribution in [0.5, 0.6) is 0 Å². The fraction of sp³-hybridized carbons (Fsp3) is 0.417. The van der Waals surface area contributed by atoms with E-state index in [2.05, 4.69) is 17.0 Å². The molecule has 1 atom stereocenters. The third kappa shape index (κ3) is 4.40. The number of rotatable bonds is 6. The van der Waals surface area contributed by atoms with E-state index in [0.29, 0.717) is 19.3 Å². The van der Waals surface area contributed by atoms with Crippen molar-refractivity contribution in [1.82, 2.24) is 9.80 Å². The second-order valence-electron chi connectivity index (χ2n) is 8.12. The van der Waals surface area contributed by atoms with Gasteiger partial charge in [-0.05, 0) is 17.5 Å². The summed E-state index contributed by atoms with van der Waals surface area (Å²) in [7, 11) is 0. The Morgan fingerprint density at radius 3 is 2.17 bits per heavy atom. The average Bonchev–Trinajstić information content (AvgIpc) is 3.14. The van der Waals surface area contributed by atoms with Gasteiger partial charge < -0.3 is 9.84 Å². The highest BCUT2D eigenvalue weighted by Gasteiger charge is 2.53. The summed E-state index contributed by atoms with van der Waals surface area (Å²) in [5.41, 5.74) is 1.52. The van der Waals surface area contributed by atoms with E-state index in [4.69, 9.17) is 4.74 Å². The van der Waals surface area contributed by atoms with Crippen LogP contribution < -0.4 is 0 Å². The van der Waals surface area contributed by atoms with Crippen LogP contribution in [0, 0.1) is 0 Å². The number of carbonyl (C=O) groups excluding carboxylic acids is 1. The second kappa shape index (κ2) is 8.98. The number of carbonyl (C=O) groups is 2. The maximum Gasteiger partial charge on any atom is 0.328 e. The molecule has 0 unspecified atom stereocenters. The SMILES string of the molecule is O=C(O)[C@@H]1COC2(CCN(Cc3ccccc3)CC2)N1C(=O)CCc1ccccc1. The third-order valence-corrected chi connectivity index (χ3v) is 6.17. The summed E-state index contributed by atoms with van der Waals surface area (Å²) in [6, 6.07) is 19.2. The molecule has 1 amide bonds. The number of ether oxygens (including phenoxy) is 1. The maximum atomic E-state index is 13.1. The first-order valence-electron chi connectivity index (χ1n) is 10.6. The van der Waals surface area contributed by atoms with Crippen LogP contribution in [-0.2, 0) is 27.3 Å². The maximum absolute atomic E-state index is 13.1. The van der Waals surface area contributed by atoms with E-state index in [1.165, 1.54) is 10.5 Å². The highest BCUT2D eigenvalue weighted by atomic mass is 16.5. The molecule has 1 N–H and O–H groups in total. The number of carboxylic acid groups (broad SMARTS) is 1. The lowest BCUT2D eigenvalue weighted by molar-refractivity contribution is -0.166. The van der Waals surface area contributed by atoms with Crippen LogP contribution >= 0.6 is 0 Å². The third-order valence-electron chi connectivity index (χ3n) is 6.17. The summed E-state index contributed by atoms with van der Waals surface area (Å²) in [6.45, 7) is 2.44. The number of aliphatic carboxylic acids is 1. The van der Waals surface area contributed by atoms with Gasteiger partial charge >= 0.3 is 5.97 Å². The van der Waals surface area contributed by atoms with Gasteiger partial charge in [0, 0.05) is 38.9 Å². The lowest BCUT2D eigenvalue weighted by Gasteiger charge is -2.44. The first-order valence-corrected chi connectivity index (χ1v) is 10.6. The van der Waals surface area contributed by atoms with E-state index in [9.17, 15) is 14.7 Å². The molecular formula is C24H28N2O4. The Hall–Kier alpha value is -2.70. The Morgan fingerprint density at radius 2 is 1.57 bits per heavy atom. The molecule has 2 aliphatic rings. The zero-order chi connectivity index (χ0) is 21.0. The van der Waals surface area contributed by atoms with E-state index in [1.54, 1.807) is 0 Å². The minimum absolute atomic E-state index is 0.0606. The fourth-order valence-corrected chi connectivity index (χ4v) is 4.55. The molecule has 0 saturated carbocycles. The van der Waals surface area contributed by atoms with Crippen molar-refractivity contribution >= 4 is 11.9 Å². The first-order chi connectivity index (χ1) is 14.6. The molecule has 6 nitrogen and oxygen atoms in total. The topological polar surface area (TPSA) is 70.1 Å². The molecule has 2 saturated heterocycles. The summed E-state index contributed by atoms with van der Waals surface area (Å²) < 4.78 is 6.04. The molecule has 0 aliphatic carbocycles. The number of hydrogen-bond acceptors (Lipinski definition) is 4. The number of carboxylic acids is 1. The average molecular weight is 408 g/mol. The number of nitrogens with zero attached hydrogens (tertiary/aromatic N) is 2. The van der Waals surface area contributed by atoms with Gasteiger partial charge in [0.2, 0.25) is 5.91 Å². The molecule has 1 spiro atoms. The van der Waals surface area contributed by atoms with Crippen LogP contribution in [0.15, 0.2) is 60.7 Å². The standard InChI is InChI=1S/C24H28N2O4/c27-22(12-11-19-7-3-1-4-8-19)26-21(23(28)29)18-30-24(26)13-15-25(16-14-24)17-20-9-5-2-6-10-20/h1-10,21H,11-18H2,(H,28,29)/t21-/m0/s1. The van der Waals surface area contributed by atoms with Gasteiger partial charge in [-0.15, -0.1) is 0 Å². The van der Waals surface area contributed by atoms with E-state index < -0.39 is 17.7 Å². The molecule has 6 heteroatoms. The van der Waals surface area contributed by atoms with Gasteiger partial charge in [0.05, 0.1) is 6.61 Å². The molecule has 2 fully saturated rings. The molecule has 2 aromatic carbocycles. The summed E-state index contributed by atoms with van der Waals surface area (Å²) in [5.74, 6) is -1.13. The lowest BCUT2D eigenvalue weighted by atomic mass is 9.96. The number of hydrogen-bond donors (Lipinski definition) is 1. The van der Waals surface area contributed by atoms with Crippen LogP contribution in [0.4, 0.5) is 0 Å². The van der Waals surface area contributed by atoms with Crippen LogP contribution in [0.3, 0.4) is 0 Å². The molecule has 158 valence electrons. The Bertz CT molecular complexity index is 863. The van der Waals surface area contributed by atoms with Crippen molar-refractivity contribution in [3.05, 3.63) is 71.8 Å². The minimum Gasteiger partial charge on any atom is -0.480 e. The molecule has 0 aromatic heterocycles. The molecule has 0 radical (unpaired) electrons. The minimum atomic E-state index is -0.994. The van der Waals surface area contributed by atoms with Crippen LogP contribution in [0.1, 0.15) is 30.4 Å². The van der Waals surface area contributed by atoms with Crippen LogP contribution in [0.2, 0.25) is 0 Å². The monoisotopic (exact) mass is 408 g/mol. The summed E-state index contributed by atoms with van der Waals surface area (Å²) in [6.07, 6.45) is 2.13. The normalized spacial score (nSPS) is 21.1. The number of aryl methyl sites for hydroxylation is 1. The summed E-state index contributed by atoms with van der Waals surface area (Å²) >= 11 is 0. The van der Waals surface area contributed by atoms with Crippen molar-refractivity contribution < 1.29 is 19.4 Å². The molecule has 0 bridgehead atoms. The second-order valence-corrected chi connectivity index (χ2v) is 8.12. The zero-order valence-corrected chi connectivity index (χ0v) is 17.1. The van der Waals surface area contributed by atoms with Gasteiger partial charge in [-0.25, -0.2) is 4.79 Å². The number of likely N-dealkylation sites (tertiary alicyclic amines) is 1. The molecule has 30 heavy (non-hydrogen) atoms. The molecule has 2 aromatic rings. The Morgan fingerprint density at radius 1 is 0.967 bits per heavy atom. The number of benzene rings is 2. The van der Waals surface area contributed by atoms with Crippen molar-refractivity contribution in [2.45, 2.75) is 44.0 Å². The molecule has 2 heterocycles. The lowest BCUT2D eigenvalue weighted by Crippen LogP contribution is -2.58. The van der Waals surface area contributed by atoms with E-state index in [-0.39, 0.29) is 18.9 Å². The van der Waals surface area contributed by atoms with Gasteiger partial charge in [0.25, 0.3) is 0 Å². The largest absolute Gasteiger partial charge is 0.480 e. The van der Waals surface area contributed by atoms with E-state index in [1.807, 2.05) is 48.5 Å². The van der Waals surface area contributed by atoms with Gasteiger partial charge in [0.1, 0.15) is 5.72 Å². The number of amides is 1.